The summed E-state index contributed by atoms with van der Waals surface area (Å²) in [7, 11) is 0. The van der Waals surface area contributed by atoms with Crippen LogP contribution in [0.15, 0.2) is 24.3 Å². The number of rotatable bonds is 0. The van der Waals surface area contributed by atoms with E-state index in [-0.39, 0.29) is 0 Å². The van der Waals surface area contributed by atoms with Crippen molar-refractivity contribution in [2.45, 2.75) is 0 Å². The van der Waals surface area contributed by atoms with Crippen LogP contribution in [0.3, 0.4) is 0 Å². The molecule has 0 bridgehead atoms. The second kappa shape index (κ2) is 2.88. The van der Waals surface area contributed by atoms with Gasteiger partial charge in [-0.2, -0.15) is 0 Å². The van der Waals surface area contributed by atoms with Crippen molar-refractivity contribution in [3.8, 4) is 6.07 Å². The second-order valence-electron chi connectivity index (χ2n) is 1.74. The van der Waals surface area contributed by atoms with E-state index in [2.05, 4.69) is 6.07 Å². The van der Waals surface area contributed by atoms with Gasteiger partial charge in [0.15, 0.2) is 0 Å². The van der Waals surface area contributed by atoms with E-state index in [0.717, 1.165) is 28.1 Å². The van der Waals surface area contributed by atoms with Gasteiger partial charge in [0.05, 0.1) is 0 Å². The topological polar surface area (TPSA) is 23.8 Å². The van der Waals surface area contributed by atoms with Crippen LogP contribution < -0.4 is 3.58 Å². The Labute approximate surface area is 67.4 Å². The minimum atomic E-state index is 0.764. The third-order valence-electron chi connectivity index (χ3n) is 1.02. The van der Waals surface area contributed by atoms with E-state index in [1.807, 2.05) is 24.3 Å². The normalized spacial score (nSPS) is 8.44. The number of hydrogen-bond acceptors (Lipinski definition) is 1. The predicted octanol–water partition coefficient (Wildman–Crippen LogP) is 0.0844. The van der Waals surface area contributed by atoms with Gasteiger partial charge in [0.25, 0.3) is 0 Å². The van der Waals surface area contributed by atoms with Crippen LogP contribution in [0, 0.1) is 11.3 Å². The van der Waals surface area contributed by atoms with Crippen molar-refractivity contribution < 1.29 is 0 Å². The summed E-state index contributed by atoms with van der Waals surface area (Å²) < 4.78 is 1.26. The number of hydrogen-bond donors (Lipinski definition) is 0. The van der Waals surface area contributed by atoms with Gasteiger partial charge in [-0.25, -0.2) is 0 Å². The summed E-state index contributed by atoms with van der Waals surface area (Å²) in [4.78, 5) is 0. The Morgan fingerprint density at radius 2 is 2.22 bits per heavy atom. The van der Waals surface area contributed by atoms with Crippen molar-refractivity contribution in [2.75, 3.05) is 0 Å². The van der Waals surface area contributed by atoms with E-state index < -0.39 is 0 Å². The van der Waals surface area contributed by atoms with Crippen LogP contribution >= 0.6 is 0 Å². The quantitative estimate of drug-likeness (QED) is 0.570. The molecular formula is C7H5NSn. The van der Waals surface area contributed by atoms with Crippen LogP contribution in [0.4, 0.5) is 0 Å². The SMILES string of the molecule is N#Cc1ccc[c]([SnH])c1. The molecule has 0 aliphatic rings. The molecule has 0 atom stereocenters. The zero-order valence-corrected chi connectivity index (χ0v) is 8.13. The minimum absolute atomic E-state index is 0.764. The molecule has 0 aliphatic carbocycles. The van der Waals surface area contributed by atoms with Crippen LogP contribution in [0.5, 0.6) is 0 Å². The zero-order chi connectivity index (χ0) is 6.69. The molecule has 0 aromatic heterocycles. The molecule has 1 aromatic carbocycles. The Hall–Kier alpha value is -0.491. The molecule has 9 heavy (non-hydrogen) atoms. The molecule has 0 fully saturated rings. The van der Waals surface area contributed by atoms with Crippen LogP contribution in [0.1, 0.15) is 5.56 Å². The Morgan fingerprint density at radius 3 is 2.67 bits per heavy atom. The fourth-order valence-corrected chi connectivity index (χ4v) is 1.44. The van der Waals surface area contributed by atoms with Crippen molar-refractivity contribution in [1.82, 2.24) is 0 Å². The Bertz CT molecular complexity index is 249. The molecule has 0 saturated heterocycles. The first-order valence-corrected chi connectivity index (χ1v) is 4.23. The summed E-state index contributed by atoms with van der Waals surface area (Å²) in [6.45, 7) is 0. The summed E-state index contributed by atoms with van der Waals surface area (Å²) in [5.41, 5.74) is 0.764. The molecule has 1 nitrogen and oxygen atoms in total. The van der Waals surface area contributed by atoms with E-state index in [4.69, 9.17) is 5.26 Å². The Balaban J connectivity index is 3.12. The molecule has 0 unspecified atom stereocenters. The van der Waals surface area contributed by atoms with Gasteiger partial charge >= 0.3 is 67.3 Å². The first-order chi connectivity index (χ1) is 4.33. The standard InChI is InChI=1S/C7H4N.Sn.H/c8-6-7-4-2-1-3-5-7;;/h1-2,4-5H;;. The third kappa shape index (κ3) is 1.72. The van der Waals surface area contributed by atoms with E-state index in [0.29, 0.717) is 0 Å². The maximum absolute atomic E-state index is 8.43. The molecule has 0 amide bonds. The predicted molar refractivity (Wildman–Crippen MR) is 37.9 cm³/mol. The van der Waals surface area contributed by atoms with Crippen molar-refractivity contribution in [3.05, 3.63) is 29.8 Å². The van der Waals surface area contributed by atoms with Gasteiger partial charge < -0.3 is 0 Å². The van der Waals surface area contributed by atoms with Crippen molar-refractivity contribution in [2.24, 2.45) is 0 Å². The van der Waals surface area contributed by atoms with Crippen molar-refractivity contribution >= 4 is 26.1 Å². The van der Waals surface area contributed by atoms with Crippen LogP contribution in [-0.4, -0.2) is 22.5 Å². The third-order valence-corrected chi connectivity index (χ3v) is 2.04. The van der Waals surface area contributed by atoms with E-state index in [9.17, 15) is 0 Å². The number of nitriles is 1. The van der Waals surface area contributed by atoms with Gasteiger partial charge in [-0.1, -0.05) is 0 Å². The van der Waals surface area contributed by atoms with E-state index in [1.165, 1.54) is 3.58 Å². The molecule has 0 spiro atoms. The average Bonchev–Trinajstić information content (AvgIpc) is 1.88. The molecule has 42 valence electrons. The summed E-state index contributed by atoms with van der Waals surface area (Å²) in [6.07, 6.45) is 0. The van der Waals surface area contributed by atoms with Crippen molar-refractivity contribution in [1.29, 1.82) is 5.26 Å². The first-order valence-electron chi connectivity index (χ1n) is 2.58. The zero-order valence-electron chi connectivity index (χ0n) is 4.83. The monoisotopic (exact) mass is 223 g/mol. The van der Waals surface area contributed by atoms with Gasteiger partial charge in [0.2, 0.25) is 0 Å². The first kappa shape index (κ1) is 6.63. The van der Waals surface area contributed by atoms with Gasteiger partial charge in [0.1, 0.15) is 0 Å². The molecule has 0 heterocycles. The molecule has 0 N–H and O–H groups in total. The fourth-order valence-electron chi connectivity index (χ4n) is 0.608. The molecule has 2 radical (unpaired) electrons. The number of nitrogens with zero attached hydrogens (tertiary/aromatic N) is 1. The molecule has 0 aliphatic heterocycles. The van der Waals surface area contributed by atoms with Crippen LogP contribution in [-0.2, 0) is 0 Å². The van der Waals surface area contributed by atoms with Crippen LogP contribution in [0.2, 0.25) is 0 Å². The second-order valence-corrected chi connectivity index (χ2v) is 3.64. The Morgan fingerprint density at radius 1 is 1.44 bits per heavy atom. The van der Waals surface area contributed by atoms with Gasteiger partial charge in [-0.3, -0.25) is 0 Å². The van der Waals surface area contributed by atoms with E-state index >= 15 is 0 Å². The van der Waals surface area contributed by atoms with Crippen LogP contribution in [0.25, 0.3) is 0 Å². The molecule has 1 aromatic rings. The van der Waals surface area contributed by atoms with Gasteiger partial charge in [0, 0.05) is 0 Å². The van der Waals surface area contributed by atoms with Crippen molar-refractivity contribution in [3.63, 3.8) is 0 Å². The van der Waals surface area contributed by atoms with Gasteiger partial charge in [-0.15, -0.1) is 0 Å². The molecule has 2 heteroatoms. The maximum atomic E-state index is 8.43. The molecule has 1 rings (SSSR count). The molecular weight excluding hydrogens is 217 g/mol. The summed E-state index contributed by atoms with van der Waals surface area (Å²) in [5, 5.41) is 8.43. The number of benzene rings is 1. The van der Waals surface area contributed by atoms with Gasteiger partial charge in [-0.05, 0) is 0 Å². The Kier molecular flexibility index (Phi) is 2.12. The summed E-state index contributed by atoms with van der Waals surface area (Å²) >= 11 is 1.09. The summed E-state index contributed by atoms with van der Waals surface area (Å²) in [5.74, 6) is 0. The average molecular weight is 222 g/mol. The fraction of sp³-hybridized carbons (Fsp3) is 0. The van der Waals surface area contributed by atoms with E-state index in [1.54, 1.807) is 0 Å². The molecule has 0 saturated carbocycles. The summed E-state index contributed by atoms with van der Waals surface area (Å²) in [6, 6.07) is 9.77.